The van der Waals surface area contributed by atoms with Crippen molar-refractivity contribution in [3.05, 3.63) is 58.5 Å². The molecule has 0 spiro atoms. The molecule has 2 aliphatic heterocycles. The summed E-state index contributed by atoms with van der Waals surface area (Å²) in [6.07, 6.45) is 8.47. The van der Waals surface area contributed by atoms with Crippen molar-refractivity contribution in [1.82, 2.24) is 10.2 Å². The van der Waals surface area contributed by atoms with Gasteiger partial charge in [-0.25, -0.2) is 4.79 Å². The third-order valence-electron chi connectivity index (χ3n) is 5.92. The molecule has 4 rings (SSSR count). The summed E-state index contributed by atoms with van der Waals surface area (Å²) in [5, 5.41) is 3.00. The Labute approximate surface area is 198 Å². The van der Waals surface area contributed by atoms with Gasteiger partial charge >= 0.3 is 5.91 Å². The Bertz CT molecular complexity index is 1020. The van der Waals surface area contributed by atoms with E-state index >= 15 is 0 Å². The number of amides is 2. The first-order valence-electron chi connectivity index (χ1n) is 11.2. The van der Waals surface area contributed by atoms with Crippen LogP contribution < -0.4 is 10.1 Å². The summed E-state index contributed by atoms with van der Waals surface area (Å²) < 4.78 is 12.2. The molecule has 1 aromatic carbocycles. The first-order chi connectivity index (χ1) is 16.0. The number of nitrogens with one attached hydrogen (secondary N) is 1. The Morgan fingerprint density at radius 2 is 2.06 bits per heavy atom. The lowest BCUT2D eigenvalue weighted by atomic mass is 10.0. The second-order valence-corrected chi connectivity index (χ2v) is 9.31. The van der Waals surface area contributed by atoms with Gasteiger partial charge in [-0.1, -0.05) is 36.0 Å². The van der Waals surface area contributed by atoms with E-state index in [9.17, 15) is 9.59 Å². The highest BCUT2D eigenvalue weighted by Crippen LogP contribution is 2.33. The lowest BCUT2D eigenvalue weighted by molar-refractivity contribution is -0.413. The zero-order valence-electron chi connectivity index (χ0n) is 19.1. The van der Waals surface area contributed by atoms with E-state index in [1.807, 2.05) is 48.6 Å². The second-order valence-electron chi connectivity index (χ2n) is 8.13. The van der Waals surface area contributed by atoms with Crippen molar-refractivity contribution >= 4 is 35.4 Å². The fourth-order valence-corrected chi connectivity index (χ4v) is 5.18. The van der Waals surface area contributed by atoms with Crippen LogP contribution in [0.25, 0.3) is 6.08 Å². The molecular formula is C25H30N3O4S+. The van der Waals surface area contributed by atoms with Crippen molar-refractivity contribution in [3.8, 4) is 5.75 Å². The Morgan fingerprint density at radius 3 is 2.79 bits per heavy atom. The highest BCUT2D eigenvalue weighted by Gasteiger charge is 2.37. The van der Waals surface area contributed by atoms with Gasteiger partial charge in [-0.3, -0.25) is 9.69 Å². The van der Waals surface area contributed by atoms with Gasteiger partial charge in [-0.05, 0) is 36.7 Å². The molecule has 33 heavy (non-hydrogen) atoms. The molecule has 1 aliphatic carbocycles. The van der Waals surface area contributed by atoms with E-state index in [0.717, 1.165) is 56.3 Å². The number of thioether (sulfide) groups is 1. The van der Waals surface area contributed by atoms with Gasteiger partial charge in [0.15, 0.2) is 0 Å². The smallest absolute Gasteiger partial charge is 0.425 e. The van der Waals surface area contributed by atoms with E-state index in [-0.39, 0.29) is 17.1 Å². The number of morpholine rings is 1. The molecule has 0 saturated carbocycles. The van der Waals surface area contributed by atoms with Gasteiger partial charge in [-0.15, -0.1) is 0 Å². The van der Waals surface area contributed by atoms with Gasteiger partial charge < -0.3 is 14.8 Å². The predicted molar refractivity (Wildman–Crippen MR) is 131 cm³/mol. The quantitative estimate of drug-likeness (QED) is 0.376. The fourth-order valence-electron chi connectivity index (χ4n) is 3.96. The number of fused-ring (bicyclic) bond motifs is 1. The topological polar surface area (TPSA) is 70.9 Å². The van der Waals surface area contributed by atoms with Crippen molar-refractivity contribution in [2.45, 2.75) is 11.7 Å². The van der Waals surface area contributed by atoms with Gasteiger partial charge in [0.05, 0.1) is 20.3 Å². The summed E-state index contributed by atoms with van der Waals surface area (Å²) in [5.74, 6) is 0.600. The minimum Gasteiger partial charge on any atom is -0.497 e. The van der Waals surface area contributed by atoms with E-state index < -0.39 is 0 Å². The van der Waals surface area contributed by atoms with Crippen LogP contribution in [0.1, 0.15) is 12.0 Å². The molecular weight excluding hydrogens is 438 g/mol. The molecule has 7 nitrogen and oxygen atoms in total. The van der Waals surface area contributed by atoms with Crippen LogP contribution in [0.4, 0.5) is 0 Å². The van der Waals surface area contributed by atoms with Crippen molar-refractivity contribution < 1.29 is 23.6 Å². The normalized spacial score (nSPS) is 22.2. The zero-order chi connectivity index (χ0) is 23.2. The number of rotatable bonds is 7. The number of methoxy groups -OCH3 is 1. The molecule has 1 atom stereocenters. The van der Waals surface area contributed by atoms with Crippen LogP contribution in [0.2, 0.25) is 0 Å². The Kier molecular flexibility index (Phi) is 7.80. The van der Waals surface area contributed by atoms with Crippen LogP contribution in [-0.2, 0) is 14.3 Å². The van der Waals surface area contributed by atoms with E-state index in [1.165, 1.54) is 11.8 Å². The van der Waals surface area contributed by atoms with Crippen LogP contribution in [-0.4, -0.2) is 85.8 Å². The minimum absolute atomic E-state index is 0.00457. The van der Waals surface area contributed by atoms with Crippen LogP contribution in [0.3, 0.4) is 0 Å². The van der Waals surface area contributed by atoms with Crippen molar-refractivity contribution in [1.29, 1.82) is 0 Å². The third-order valence-corrected chi connectivity index (χ3v) is 7.12. The molecule has 2 heterocycles. The molecule has 0 aromatic heterocycles. The molecule has 174 valence electrons. The van der Waals surface area contributed by atoms with Gasteiger partial charge in [0.2, 0.25) is 5.71 Å². The van der Waals surface area contributed by atoms with Gasteiger partial charge in [0.25, 0.3) is 5.91 Å². The van der Waals surface area contributed by atoms with Crippen LogP contribution in [0, 0.1) is 0 Å². The van der Waals surface area contributed by atoms with E-state index in [2.05, 4.69) is 10.2 Å². The fraction of sp³-hybridized carbons (Fsp3) is 0.400. The molecule has 1 fully saturated rings. The molecule has 2 amide bonds. The lowest BCUT2D eigenvalue weighted by Gasteiger charge is -2.26. The van der Waals surface area contributed by atoms with Crippen LogP contribution in [0.15, 0.2) is 53.0 Å². The number of hydrogen-bond donors (Lipinski definition) is 1. The number of carbonyl (C=O) groups excluding carboxylic acids is 2. The Morgan fingerprint density at radius 1 is 1.30 bits per heavy atom. The van der Waals surface area contributed by atoms with Crippen LogP contribution >= 0.6 is 11.8 Å². The van der Waals surface area contributed by atoms with E-state index in [0.29, 0.717) is 17.0 Å². The Balaban J connectivity index is 1.38. The van der Waals surface area contributed by atoms with Gasteiger partial charge in [0.1, 0.15) is 23.0 Å². The van der Waals surface area contributed by atoms with E-state index in [4.69, 9.17) is 9.47 Å². The Hall–Kier alpha value is -2.68. The van der Waals surface area contributed by atoms with Crippen molar-refractivity contribution in [2.24, 2.45) is 0 Å². The number of nitrogens with zero attached hydrogens (tertiary/aromatic N) is 2. The largest absolute Gasteiger partial charge is 0.497 e. The number of ether oxygens (including phenoxy) is 2. The molecule has 3 aliphatic rings. The molecule has 0 bridgehead atoms. The molecule has 0 radical (unpaired) electrons. The van der Waals surface area contributed by atoms with Gasteiger partial charge in [-0.2, -0.15) is 4.58 Å². The highest BCUT2D eigenvalue weighted by atomic mass is 32.2. The monoisotopic (exact) mass is 468 g/mol. The summed E-state index contributed by atoms with van der Waals surface area (Å²) in [4.78, 5) is 28.7. The zero-order valence-corrected chi connectivity index (χ0v) is 19.9. The summed E-state index contributed by atoms with van der Waals surface area (Å²) in [6.45, 7) is 5.05. The first kappa shape index (κ1) is 23.5. The number of likely N-dealkylation sites (N-methyl/N-ethyl adjacent to an activating group) is 1. The van der Waals surface area contributed by atoms with E-state index in [1.54, 1.807) is 18.7 Å². The maximum Gasteiger partial charge on any atom is 0.425 e. The summed E-state index contributed by atoms with van der Waals surface area (Å²) in [5.41, 5.74) is 2.35. The summed E-state index contributed by atoms with van der Waals surface area (Å²) in [7, 11) is 3.39. The average molecular weight is 469 g/mol. The average Bonchev–Trinajstić information content (AvgIpc) is 2.86. The van der Waals surface area contributed by atoms with Crippen molar-refractivity contribution in [3.63, 3.8) is 0 Å². The third kappa shape index (κ3) is 5.82. The number of hydrogen-bond acceptors (Lipinski definition) is 6. The maximum absolute atomic E-state index is 13.0. The number of benzene rings is 1. The summed E-state index contributed by atoms with van der Waals surface area (Å²) in [6, 6.07) is 7.61. The standard InChI is InChI=1S/C25H29N3O4S/c1-27-21-17-19(24(29)26-10-3-11-28-12-14-32-15-13-28)6-9-22(21)33-23(25(27)30)16-18-4-7-20(31-2)8-5-18/h4-9,16-17,22H,3,10-15H2,1-2H3/p+1/b23-16-. The summed E-state index contributed by atoms with van der Waals surface area (Å²) >= 11 is 1.51. The van der Waals surface area contributed by atoms with Gasteiger partial charge in [0, 0.05) is 31.3 Å². The molecule has 1 saturated heterocycles. The molecule has 1 unspecified atom stereocenters. The number of carbonyl (C=O) groups is 2. The molecule has 1 aromatic rings. The lowest BCUT2D eigenvalue weighted by Crippen LogP contribution is -2.39. The first-order valence-corrected chi connectivity index (χ1v) is 12.1. The SMILES string of the molecule is COc1ccc(/C=C2\SC3C=CC(C(=O)NCCCN4CCOCC4)=CC3=[N+](C)C2=O)cc1. The molecule has 8 heteroatoms. The highest BCUT2D eigenvalue weighted by molar-refractivity contribution is 8.05. The minimum atomic E-state index is -0.107. The van der Waals surface area contributed by atoms with Crippen molar-refractivity contribution in [2.75, 3.05) is 53.6 Å². The molecule has 1 N–H and O–H groups in total. The maximum atomic E-state index is 13.0. The number of allylic oxidation sites excluding steroid dienone is 1. The van der Waals surface area contributed by atoms with Crippen LogP contribution in [0.5, 0.6) is 5.75 Å². The predicted octanol–water partition coefficient (Wildman–Crippen LogP) is 2.10. The second kappa shape index (κ2) is 11.0.